The Bertz CT molecular complexity index is 2350. The molecule has 4 N–H and O–H groups in total. The summed E-state index contributed by atoms with van der Waals surface area (Å²) < 4.78 is 12.1. The maximum atomic E-state index is 13.5. The fourth-order valence-corrected chi connectivity index (χ4v) is 9.65. The molecule has 2 aliphatic rings. The Labute approximate surface area is 401 Å². The molecular weight excluding hydrogens is 829 g/mol. The lowest BCUT2D eigenvalue weighted by Gasteiger charge is -2.27. The summed E-state index contributed by atoms with van der Waals surface area (Å²) in [5, 5.41) is 13.3. The molecule has 7 rings (SSSR count). The zero-order valence-electron chi connectivity index (χ0n) is 42.4. The average molecular weight is 905 g/mol. The van der Waals surface area contributed by atoms with Crippen LogP contribution in [0.15, 0.2) is 115 Å². The molecular formula is C59H76N4O4. The first kappa shape index (κ1) is 49.5. The van der Waals surface area contributed by atoms with Crippen LogP contribution in [-0.4, -0.2) is 49.6 Å². The van der Waals surface area contributed by atoms with Gasteiger partial charge in [-0.05, 0) is 90.8 Å². The Kier molecular flexibility index (Phi) is 14.5. The van der Waals surface area contributed by atoms with E-state index in [0.717, 1.165) is 5.56 Å². The quantitative estimate of drug-likeness (QED) is 0.111. The highest BCUT2D eigenvalue weighted by atomic mass is 16.6. The minimum atomic E-state index is -0.538. The van der Waals surface area contributed by atoms with Crippen molar-refractivity contribution in [2.45, 2.75) is 161 Å². The van der Waals surface area contributed by atoms with Crippen molar-refractivity contribution in [3.05, 3.63) is 165 Å². The summed E-state index contributed by atoms with van der Waals surface area (Å²) in [5.74, 6) is 0.155. The molecule has 1 unspecified atom stereocenters. The lowest BCUT2D eigenvalue weighted by Crippen LogP contribution is -2.30. The second-order valence-corrected chi connectivity index (χ2v) is 23.3. The molecule has 2 aliphatic heterocycles. The second-order valence-electron chi connectivity index (χ2n) is 23.3. The van der Waals surface area contributed by atoms with Gasteiger partial charge in [-0.3, -0.25) is 10.6 Å². The van der Waals surface area contributed by atoms with Gasteiger partial charge < -0.3 is 20.1 Å². The summed E-state index contributed by atoms with van der Waals surface area (Å²) >= 11 is 0. The second kappa shape index (κ2) is 19.7. The fraction of sp³-hybridized carbons (Fsp3) is 0.458. The Hall–Kier alpha value is -5.44. The highest BCUT2D eigenvalue weighted by Crippen LogP contribution is 2.38. The van der Waals surface area contributed by atoms with Crippen LogP contribution < -0.4 is 21.3 Å². The number of nitrogens with one attached hydrogen (secondary N) is 4. The maximum absolute atomic E-state index is 13.5. The summed E-state index contributed by atoms with van der Waals surface area (Å²) in [6, 6.07) is 41.5. The van der Waals surface area contributed by atoms with Gasteiger partial charge in [-0.25, -0.2) is 9.59 Å². The molecule has 0 saturated carbocycles. The number of anilines is 2. The van der Waals surface area contributed by atoms with E-state index < -0.39 is 12.2 Å². The molecule has 0 spiro atoms. The smallest absolute Gasteiger partial charge is 0.411 e. The Morgan fingerprint density at radius 2 is 0.791 bits per heavy atom. The van der Waals surface area contributed by atoms with Gasteiger partial charge in [0, 0.05) is 61.2 Å². The van der Waals surface area contributed by atoms with E-state index in [9.17, 15) is 9.59 Å². The first-order chi connectivity index (χ1) is 31.4. The predicted octanol–water partition coefficient (Wildman–Crippen LogP) is 13.4. The number of hydrogen-bond donors (Lipinski definition) is 4. The number of rotatable bonds is 10. The maximum Gasteiger partial charge on any atom is 0.411 e. The highest BCUT2D eigenvalue weighted by Gasteiger charge is 2.36. The van der Waals surface area contributed by atoms with Crippen molar-refractivity contribution in [1.82, 2.24) is 10.6 Å². The zero-order valence-corrected chi connectivity index (χ0v) is 42.4. The van der Waals surface area contributed by atoms with Crippen molar-refractivity contribution in [2.24, 2.45) is 0 Å². The molecule has 2 amide bonds. The number of hydrogen-bond acceptors (Lipinski definition) is 6. The molecule has 2 saturated heterocycles. The molecule has 0 aromatic heterocycles. The van der Waals surface area contributed by atoms with Gasteiger partial charge in [0.1, 0.15) is 12.2 Å². The first-order valence-electron chi connectivity index (χ1n) is 24.4. The number of carbonyl (C=O) groups excluding carboxylic acids is 2. The molecule has 67 heavy (non-hydrogen) atoms. The Morgan fingerprint density at radius 1 is 0.478 bits per heavy atom. The lowest BCUT2D eigenvalue weighted by molar-refractivity contribution is 0.118. The lowest BCUT2D eigenvalue weighted by atomic mass is 9.80. The number of benzene rings is 5. The van der Waals surface area contributed by atoms with Crippen LogP contribution in [0.1, 0.15) is 158 Å². The zero-order chi connectivity index (χ0) is 48.5. The van der Waals surface area contributed by atoms with Crippen molar-refractivity contribution in [3.8, 4) is 0 Å². The molecule has 5 aromatic carbocycles. The van der Waals surface area contributed by atoms with Crippen LogP contribution in [0.25, 0.3) is 0 Å². The van der Waals surface area contributed by atoms with Crippen molar-refractivity contribution in [3.63, 3.8) is 0 Å². The largest absolute Gasteiger partial charge is 0.445 e. The van der Waals surface area contributed by atoms with Crippen LogP contribution in [0.5, 0.6) is 0 Å². The van der Waals surface area contributed by atoms with Crippen LogP contribution in [-0.2, 0) is 31.1 Å². The van der Waals surface area contributed by atoms with Crippen LogP contribution in [0.2, 0.25) is 0 Å². The predicted molar refractivity (Wildman–Crippen MR) is 276 cm³/mol. The minimum Gasteiger partial charge on any atom is -0.445 e. The molecule has 8 nitrogen and oxygen atoms in total. The molecule has 5 aromatic rings. The van der Waals surface area contributed by atoms with Gasteiger partial charge in [0.25, 0.3) is 0 Å². The summed E-state index contributed by atoms with van der Waals surface area (Å²) in [7, 11) is 0. The molecule has 0 aliphatic carbocycles. The number of aryl methyl sites for hydroxylation is 1. The first-order valence-corrected chi connectivity index (χ1v) is 24.4. The third kappa shape index (κ3) is 12.4. The van der Waals surface area contributed by atoms with Gasteiger partial charge in [-0.2, -0.15) is 0 Å². The van der Waals surface area contributed by atoms with E-state index in [1.54, 1.807) is 6.07 Å². The van der Waals surface area contributed by atoms with Crippen LogP contribution >= 0.6 is 0 Å². The van der Waals surface area contributed by atoms with E-state index >= 15 is 0 Å². The Morgan fingerprint density at radius 3 is 1.10 bits per heavy atom. The van der Waals surface area contributed by atoms with Crippen molar-refractivity contribution >= 4 is 23.6 Å². The molecule has 0 radical (unpaired) electrons. The topological polar surface area (TPSA) is 101 Å². The monoisotopic (exact) mass is 905 g/mol. The van der Waals surface area contributed by atoms with Gasteiger partial charge in [0.05, 0.1) is 0 Å². The normalized spacial score (nSPS) is 19.1. The molecule has 4 atom stereocenters. The summed E-state index contributed by atoms with van der Waals surface area (Å²) in [4.78, 5) is 26.9. The fourth-order valence-electron chi connectivity index (χ4n) is 9.65. The van der Waals surface area contributed by atoms with Crippen molar-refractivity contribution < 1.29 is 19.1 Å². The van der Waals surface area contributed by atoms with E-state index in [2.05, 4.69) is 201 Å². The third-order valence-electron chi connectivity index (χ3n) is 13.9. The third-order valence-corrected chi connectivity index (χ3v) is 13.9. The minimum absolute atomic E-state index is 0.0558. The van der Waals surface area contributed by atoms with Crippen molar-refractivity contribution in [2.75, 3.05) is 23.7 Å². The van der Waals surface area contributed by atoms with E-state index in [4.69, 9.17) is 9.47 Å². The van der Waals surface area contributed by atoms with E-state index in [0.29, 0.717) is 37.3 Å². The van der Waals surface area contributed by atoms with Gasteiger partial charge in [0.2, 0.25) is 0 Å². The van der Waals surface area contributed by atoms with Gasteiger partial charge in [-0.15, -0.1) is 0 Å². The molecule has 356 valence electrons. The van der Waals surface area contributed by atoms with Crippen LogP contribution in [0.4, 0.5) is 21.0 Å². The summed E-state index contributed by atoms with van der Waals surface area (Å²) in [6.07, 6.45) is -0.379. The van der Waals surface area contributed by atoms with Gasteiger partial charge in [-0.1, -0.05) is 186 Å². The van der Waals surface area contributed by atoms with Crippen LogP contribution in [0, 0.1) is 6.92 Å². The number of amides is 2. The number of carbonyl (C=O) groups is 2. The summed E-state index contributed by atoms with van der Waals surface area (Å²) in [6.45, 7) is 29.8. The van der Waals surface area contributed by atoms with E-state index in [-0.39, 0.29) is 57.8 Å². The van der Waals surface area contributed by atoms with Gasteiger partial charge >= 0.3 is 12.2 Å². The van der Waals surface area contributed by atoms with Gasteiger partial charge in [0.15, 0.2) is 0 Å². The van der Waals surface area contributed by atoms with E-state index in [1.165, 1.54) is 44.5 Å². The molecule has 0 bridgehead atoms. The molecule has 8 heteroatoms. The average Bonchev–Trinajstić information content (AvgIpc) is 3.91. The number of ether oxygens (including phenoxy) is 2. The molecule has 2 heterocycles. The Balaban J connectivity index is 0.973. The summed E-state index contributed by atoms with van der Waals surface area (Å²) in [5.41, 5.74) is 12.2. The standard InChI is InChI=1S/C59H76N4O4/c1-37-14-31-46(62-54(64)66-47-33-50(60-35-47)52(38-15-23-42(24-16-38)56(2,3)4)39-17-25-43(26-18-39)57(5,6)7)32-49(37)63-55(65)67-48-34-51(61-36-48)53(40-19-27-44(28-20-40)58(8,9)10)41-21-29-45(30-22-41)59(11,12)13/h14-32,47-48,50-53,60-61H,33-36H2,1-13H3,(H,62,64)(H,63,65)/t47-,48-,50-,51?/m1/s1. The highest BCUT2D eigenvalue weighted by molar-refractivity contribution is 5.89. The van der Waals surface area contributed by atoms with E-state index in [1.807, 2.05) is 19.1 Å². The SMILES string of the molecule is Cc1ccc(NC(=O)O[C@H]2CN[C@@H](C(c3ccc(C(C)(C)C)cc3)c3ccc(C(C)(C)C)cc3)C2)cc1NC(=O)O[C@H]1CNC(C(c2ccc(C(C)(C)C)cc2)c2ccc(C(C)(C)C)cc2)C1. The van der Waals surface area contributed by atoms with Crippen LogP contribution in [0.3, 0.4) is 0 Å². The van der Waals surface area contributed by atoms with Crippen molar-refractivity contribution in [1.29, 1.82) is 0 Å². The molecule has 2 fully saturated rings.